The normalized spacial score (nSPS) is 7.71. The summed E-state index contributed by atoms with van der Waals surface area (Å²) in [5.74, 6) is 0. The molecule has 0 aromatic heterocycles. The van der Waals surface area contributed by atoms with E-state index in [1.807, 2.05) is 6.92 Å². The van der Waals surface area contributed by atoms with Crippen molar-refractivity contribution in [2.24, 2.45) is 0 Å². The maximum absolute atomic E-state index is 8.07. The number of hydrogen-bond acceptors (Lipinski definition) is 2. The molecule has 0 aromatic carbocycles. The molecule has 7 heavy (non-hydrogen) atoms. The third-order valence-electron chi connectivity index (χ3n) is 0.440. The predicted octanol–water partition coefficient (Wildman–Crippen LogP) is 0.0127. The zero-order chi connectivity index (χ0) is 4.83. The maximum Gasteiger partial charge on any atom is 0.0697 e. The average molecular weight is 156 g/mol. The fourth-order valence-corrected chi connectivity index (χ4v) is 0.209. The number of hydrogen-bond donors (Lipinski definition) is 1. The third-order valence-corrected chi connectivity index (χ3v) is 0.440. The zero-order valence-corrected chi connectivity index (χ0v) is 7.65. The second-order valence-electron chi connectivity index (χ2n) is 0.921. The van der Waals surface area contributed by atoms with E-state index in [2.05, 4.69) is 0 Å². The molecule has 0 aromatic rings. The number of aliphatic hydroxyl groups excluding tert-OH is 1. The van der Waals surface area contributed by atoms with Gasteiger partial charge in [-0.1, -0.05) is 0 Å². The van der Waals surface area contributed by atoms with Crippen molar-refractivity contribution >= 4 is 0 Å². The van der Waals surface area contributed by atoms with Gasteiger partial charge in [0.25, 0.3) is 0 Å². The van der Waals surface area contributed by atoms with Crippen molar-refractivity contribution in [1.29, 1.82) is 0 Å². The van der Waals surface area contributed by atoms with Crippen molar-refractivity contribution in [2.75, 3.05) is 19.8 Å². The Labute approximate surface area is 56.6 Å². The first-order valence-electron chi connectivity index (χ1n) is 2.10. The minimum atomic E-state index is 0. The molecule has 0 radical (unpaired) electrons. The molecule has 40 valence electrons. The smallest absolute Gasteiger partial charge is 0.0697 e. The van der Waals surface area contributed by atoms with E-state index in [4.69, 9.17) is 9.84 Å². The summed E-state index contributed by atoms with van der Waals surface area (Å²) in [6.45, 7) is 3.20. The van der Waals surface area contributed by atoms with Gasteiger partial charge < -0.3 is 9.84 Å². The fourth-order valence-electron chi connectivity index (χ4n) is 0.209. The molecule has 0 amide bonds. The first-order chi connectivity index (χ1) is 2.91. The van der Waals surface area contributed by atoms with Crippen LogP contribution in [0.15, 0.2) is 0 Å². The molecule has 0 rings (SSSR count). The van der Waals surface area contributed by atoms with Crippen molar-refractivity contribution in [1.82, 2.24) is 0 Å². The van der Waals surface area contributed by atoms with Gasteiger partial charge in [0.1, 0.15) is 0 Å². The van der Waals surface area contributed by atoms with Crippen molar-refractivity contribution in [3.8, 4) is 0 Å². The Kier molecular flexibility index (Phi) is 14.6. The molecule has 0 saturated heterocycles. The Balaban J connectivity index is 0. The van der Waals surface area contributed by atoms with Gasteiger partial charge in [0.15, 0.2) is 0 Å². The summed E-state index contributed by atoms with van der Waals surface area (Å²) in [6.07, 6.45) is 0. The molecule has 1 N–H and O–H groups in total. The predicted molar refractivity (Wildman–Crippen MR) is 23.6 cm³/mol. The summed E-state index contributed by atoms with van der Waals surface area (Å²) in [7, 11) is 0. The van der Waals surface area contributed by atoms with Crippen LogP contribution in [-0.4, -0.2) is 24.9 Å². The molecule has 0 fully saturated rings. The van der Waals surface area contributed by atoms with Crippen LogP contribution in [0, 0.1) is 0 Å². The van der Waals surface area contributed by atoms with Gasteiger partial charge in [0, 0.05) is 26.1 Å². The van der Waals surface area contributed by atoms with Crippen molar-refractivity contribution < 1.29 is 29.3 Å². The van der Waals surface area contributed by atoms with Crippen LogP contribution in [0.1, 0.15) is 6.92 Å². The van der Waals surface area contributed by atoms with E-state index >= 15 is 0 Å². The van der Waals surface area contributed by atoms with Crippen LogP contribution in [0.2, 0.25) is 0 Å². The SMILES string of the molecule is CCOCCO.[Zn]. The van der Waals surface area contributed by atoms with Gasteiger partial charge in [-0.2, -0.15) is 0 Å². The van der Waals surface area contributed by atoms with Crippen molar-refractivity contribution in [2.45, 2.75) is 6.92 Å². The molecule has 0 saturated carbocycles. The van der Waals surface area contributed by atoms with Gasteiger partial charge in [0.2, 0.25) is 0 Å². The van der Waals surface area contributed by atoms with Crippen LogP contribution in [0.4, 0.5) is 0 Å². The summed E-state index contributed by atoms with van der Waals surface area (Å²) < 4.78 is 4.73. The molecular formula is C4H10O2Zn. The molecule has 2 nitrogen and oxygen atoms in total. The number of ether oxygens (including phenoxy) is 1. The molecule has 3 heteroatoms. The Morgan fingerprint density at radius 3 is 2.29 bits per heavy atom. The summed E-state index contributed by atoms with van der Waals surface area (Å²) in [5.41, 5.74) is 0. The minimum absolute atomic E-state index is 0. The molecule has 0 bridgehead atoms. The van der Waals surface area contributed by atoms with Crippen LogP contribution in [0.5, 0.6) is 0 Å². The number of aliphatic hydroxyl groups is 1. The molecular weight excluding hydrogens is 145 g/mol. The van der Waals surface area contributed by atoms with Crippen LogP contribution in [0.25, 0.3) is 0 Å². The van der Waals surface area contributed by atoms with Gasteiger partial charge in [-0.05, 0) is 6.92 Å². The van der Waals surface area contributed by atoms with E-state index in [1.165, 1.54) is 0 Å². The van der Waals surface area contributed by atoms with Crippen LogP contribution >= 0.6 is 0 Å². The van der Waals surface area contributed by atoms with Gasteiger partial charge in [-0.25, -0.2) is 0 Å². The van der Waals surface area contributed by atoms with E-state index in [0.29, 0.717) is 13.2 Å². The molecule has 0 aliphatic carbocycles. The summed E-state index contributed by atoms with van der Waals surface area (Å²) in [6, 6.07) is 0. The summed E-state index contributed by atoms with van der Waals surface area (Å²) in [5, 5.41) is 8.07. The third kappa shape index (κ3) is 10.8. The molecule has 0 atom stereocenters. The largest absolute Gasteiger partial charge is 0.394 e. The Bertz CT molecular complexity index is 21.7. The van der Waals surface area contributed by atoms with E-state index < -0.39 is 0 Å². The van der Waals surface area contributed by atoms with Crippen molar-refractivity contribution in [3.63, 3.8) is 0 Å². The average Bonchev–Trinajstić information content (AvgIpc) is 1.61. The molecule has 0 aliphatic heterocycles. The second kappa shape index (κ2) is 9.74. The van der Waals surface area contributed by atoms with Crippen LogP contribution in [0.3, 0.4) is 0 Å². The Morgan fingerprint density at radius 2 is 2.14 bits per heavy atom. The van der Waals surface area contributed by atoms with E-state index in [-0.39, 0.29) is 26.1 Å². The van der Waals surface area contributed by atoms with Crippen LogP contribution < -0.4 is 0 Å². The Hall–Kier alpha value is 0.543. The van der Waals surface area contributed by atoms with Gasteiger partial charge in [0.05, 0.1) is 13.2 Å². The topological polar surface area (TPSA) is 29.5 Å². The second-order valence-corrected chi connectivity index (χ2v) is 0.921. The van der Waals surface area contributed by atoms with Crippen LogP contribution in [-0.2, 0) is 24.2 Å². The first-order valence-corrected chi connectivity index (χ1v) is 2.10. The summed E-state index contributed by atoms with van der Waals surface area (Å²) >= 11 is 0. The van der Waals surface area contributed by atoms with Crippen molar-refractivity contribution in [3.05, 3.63) is 0 Å². The standard InChI is InChI=1S/C4H10O2.Zn/c1-2-6-4-3-5;/h5H,2-4H2,1H3;. The monoisotopic (exact) mass is 154 g/mol. The quantitative estimate of drug-likeness (QED) is 0.460. The van der Waals surface area contributed by atoms with E-state index in [0.717, 1.165) is 0 Å². The molecule has 0 unspecified atom stereocenters. The summed E-state index contributed by atoms with van der Waals surface area (Å²) in [4.78, 5) is 0. The zero-order valence-electron chi connectivity index (χ0n) is 4.68. The van der Waals surface area contributed by atoms with Gasteiger partial charge >= 0.3 is 0 Å². The van der Waals surface area contributed by atoms with E-state index in [1.54, 1.807) is 0 Å². The number of rotatable bonds is 3. The molecule has 0 spiro atoms. The van der Waals surface area contributed by atoms with Gasteiger partial charge in [-0.15, -0.1) is 0 Å². The molecule has 0 aliphatic rings. The van der Waals surface area contributed by atoms with Gasteiger partial charge in [-0.3, -0.25) is 0 Å². The van der Waals surface area contributed by atoms with E-state index in [9.17, 15) is 0 Å². The molecule has 0 heterocycles. The maximum atomic E-state index is 8.07. The fraction of sp³-hybridized carbons (Fsp3) is 1.00. The Morgan fingerprint density at radius 1 is 1.57 bits per heavy atom. The first kappa shape index (κ1) is 10.5. The minimum Gasteiger partial charge on any atom is -0.394 e.